The van der Waals surface area contributed by atoms with Crippen LogP contribution in [0.2, 0.25) is 0 Å². The van der Waals surface area contributed by atoms with Gasteiger partial charge in [-0.1, -0.05) is 25.6 Å². The molecule has 3 N–H and O–H groups in total. The van der Waals surface area contributed by atoms with Gasteiger partial charge in [0.05, 0.1) is 12.1 Å². The van der Waals surface area contributed by atoms with Crippen molar-refractivity contribution in [2.24, 2.45) is 12.8 Å². The molecular formula is C20H27F3N4O3S. The zero-order valence-corrected chi connectivity index (χ0v) is 17.2. The number of rotatable bonds is 3. The van der Waals surface area contributed by atoms with Gasteiger partial charge >= 0.3 is 12.1 Å². The molecule has 0 radical (unpaired) electrons. The number of aliphatic carboxylic acids is 1. The Labute approximate surface area is 185 Å². The smallest absolute Gasteiger partial charge is 0.475 e. The SMILES string of the molecule is C.Cn1cc(C[C@H](N)C(=O)N2CCC[C@H]2C#N)c2ccccc21.O=C(O)C(F)(F)F.S. The summed E-state index contributed by atoms with van der Waals surface area (Å²) in [4.78, 5) is 23.0. The van der Waals surface area contributed by atoms with E-state index in [0.717, 1.165) is 29.3 Å². The van der Waals surface area contributed by atoms with E-state index in [4.69, 9.17) is 20.9 Å². The molecular weight excluding hydrogens is 433 g/mol. The molecule has 1 aliphatic rings. The highest BCUT2D eigenvalue weighted by Gasteiger charge is 2.38. The van der Waals surface area contributed by atoms with Crippen LogP contribution in [0.4, 0.5) is 13.2 Å². The van der Waals surface area contributed by atoms with Crippen molar-refractivity contribution in [2.45, 2.75) is 44.9 Å². The number of carboxylic acids is 1. The van der Waals surface area contributed by atoms with Gasteiger partial charge in [-0.15, -0.1) is 0 Å². The Morgan fingerprint density at radius 3 is 2.48 bits per heavy atom. The summed E-state index contributed by atoms with van der Waals surface area (Å²) < 4.78 is 33.8. The van der Waals surface area contributed by atoms with E-state index in [2.05, 4.69) is 22.8 Å². The first-order valence-corrected chi connectivity index (χ1v) is 8.85. The maximum atomic E-state index is 12.5. The zero-order valence-electron chi connectivity index (χ0n) is 16.2. The Bertz CT molecular complexity index is 940. The molecule has 0 bridgehead atoms. The van der Waals surface area contributed by atoms with Crippen LogP contribution in [0.25, 0.3) is 10.9 Å². The van der Waals surface area contributed by atoms with Gasteiger partial charge in [-0.2, -0.15) is 31.9 Å². The number of aryl methyl sites for hydroxylation is 1. The number of carbonyl (C=O) groups excluding carboxylic acids is 1. The molecule has 1 amide bonds. The molecule has 2 heterocycles. The van der Waals surface area contributed by atoms with Gasteiger partial charge in [0.1, 0.15) is 6.04 Å². The lowest BCUT2D eigenvalue weighted by Gasteiger charge is -2.23. The zero-order chi connectivity index (χ0) is 21.8. The maximum Gasteiger partial charge on any atom is 0.490 e. The molecule has 7 nitrogen and oxygen atoms in total. The number of alkyl halides is 3. The van der Waals surface area contributed by atoms with Crippen molar-refractivity contribution in [1.29, 1.82) is 5.26 Å². The molecule has 31 heavy (non-hydrogen) atoms. The number of likely N-dealkylation sites (tertiary alicyclic amines) is 1. The van der Waals surface area contributed by atoms with Crippen LogP contribution in [0.1, 0.15) is 25.8 Å². The number of nitriles is 1. The summed E-state index contributed by atoms with van der Waals surface area (Å²) in [6.45, 7) is 0.639. The summed E-state index contributed by atoms with van der Waals surface area (Å²) in [6, 6.07) is 9.38. The standard InChI is InChI=1S/C17H20N4O.C2HF3O2.CH4.H2S/c1-20-11-12(14-6-2-3-7-16(14)20)9-15(19)17(22)21-8-4-5-13(21)10-18;3-2(4,5)1(6)7;;/h2-3,6-7,11,13,15H,4-5,8-9,19H2,1H3;(H,6,7);1H4;1H2/t13-,15-;;;/m0.../s1. The molecule has 0 spiro atoms. The lowest BCUT2D eigenvalue weighted by atomic mass is 10.0. The van der Waals surface area contributed by atoms with Gasteiger partial charge in [-0.3, -0.25) is 4.79 Å². The van der Waals surface area contributed by atoms with Gasteiger partial charge in [-0.25, -0.2) is 4.79 Å². The summed E-state index contributed by atoms with van der Waals surface area (Å²) in [6.07, 6.45) is -0.924. The van der Waals surface area contributed by atoms with Gasteiger partial charge in [0.15, 0.2) is 0 Å². The van der Waals surface area contributed by atoms with Crippen LogP contribution >= 0.6 is 13.5 Å². The van der Waals surface area contributed by atoms with E-state index in [9.17, 15) is 18.0 Å². The summed E-state index contributed by atoms with van der Waals surface area (Å²) in [7, 11) is 1.99. The molecule has 0 saturated carbocycles. The first-order valence-electron chi connectivity index (χ1n) is 8.85. The molecule has 11 heteroatoms. The molecule has 2 aromatic rings. The van der Waals surface area contributed by atoms with Crippen molar-refractivity contribution < 1.29 is 27.9 Å². The summed E-state index contributed by atoms with van der Waals surface area (Å²) >= 11 is 0. The molecule has 2 atom stereocenters. The van der Waals surface area contributed by atoms with Gasteiger partial charge in [0.25, 0.3) is 0 Å². The molecule has 0 aliphatic carbocycles. The Kier molecular flexibility index (Phi) is 10.6. The van der Waals surface area contributed by atoms with Crippen LogP contribution in [-0.2, 0) is 23.1 Å². The number of hydrogen-bond acceptors (Lipinski definition) is 4. The number of amides is 1. The summed E-state index contributed by atoms with van der Waals surface area (Å²) in [5.74, 6) is -2.87. The molecule has 1 aromatic heterocycles. The Morgan fingerprint density at radius 2 is 1.94 bits per heavy atom. The van der Waals surface area contributed by atoms with Crippen LogP contribution in [0, 0.1) is 11.3 Å². The van der Waals surface area contributed by atoms with Crippen molar-refractivity contribution in [1.82, 2.24) is 9.47 Å². The van der Waals surface area contributed by atoms with E-state index >= 15 is 0 Å². The Hall–Kier alpha value is -2.71. The van der Waals surface area contributed by atoms with Crippen molar-refractivity contribution >= 4 is 36.3 Å². The van der Waals surface area contributed by atoms with E-state index in [1.165, 1.54) is 0 Å². The number of carboxylic acid groups (broad SMARTS) is 1. The molecule has 3 rings (SSSR count). The number of nitrogens with two attached hydrogens (primary N) is 1. The minimum Gasteiger partial charge on any atom is -0.475 e. The Balaban J connectivity index is 0.000000875. The van der Waals surface area contributed by atoms with Crippen molar-refractivity contribution in [2.75, 3.05) is 6.54 Å². The molecule has 1 saturated heterocycles. The second-order valence-electron chi connectivity index (χ2n) is 6.71. The van der Waals surface area contributed by atoms with Crippen LogP contribution < -0.4 is 5.73 Å². The van der Waals surface area contributed by atoms with Crippen molar-refractivity contribution in [3.8, 4) is 6.07 Å². The fraction of sp³-hybridized carbons (Fsp3) is 0.450. The molecule has 1 aromatic carbocycles. The molecule has 1 aliphatic heterocycles. The highest BCUT2D eigenvalue weighted by molar-refractivity contribution is 7.59. The third-order valence-electron chi connectivity index (χ3n) is 4.66. The highest BCUT2D eigenvalue weighted by atomic mass is 32.1. The van der Waals surface area contributed by atoms with Crippen LogP contribution in [0.15, 0.2) is 30.5 Å². The van der Waals surface area contributed by atoms with Crippen LogP contribution in [0.3, 0.4) is 0 Å². The van der Waals surface area contributed by atoms with Crippen LogP contribution in [-0.4, -0.2) is 51.3 Å². The average Bonchev–Trinajstić information content (AvgIpc) is 3.26. The van der Waals surface area contributed by atoms with Crippen molar-refractivity contribution in [3.05, 3.63) is 36.0 Å². The van der Waals surface area contributed by atoms with Gasteiger partial charge in [0.2, 0.25) is 5.91 Å². The van der Waals surface area contributed by atoms with E-state index in [0.29, 0.717) is 13.0 Å². The normalized spacial score (nSPS) is 16.3. The third-order valence-corrected chi connectivity index (χ3v) is 4.66. The number of fused-ring (bicyclic) bond motifs is 1. The third kappa shape index (κ3) is 6.90. The quantitative estimate of drug-likeness (QED) is 0.731. The predicted octanol–water partition coefficient (Wildman–Crippen LogP) is 2.94. The number of benzene rings is 1. The molecule has 172 valence electrons. The van der Waals surface area contributed by atoms with Crippen molar-refractivity contribution in [3.63, 3.8) is 0 Å². The predicted molar refractivity (Wildman–Crippen MR) is 116 cm³/mol. The number of nitrogens with zero attached hydrogens (tertiary/aromatic N) is 3. The second kappa shape index (κ2) is 11.6. The van der Waals surface area contributed by atoms with Gasteiger partial charge in [0, 0.05) is 30.7 Å². The lowest BCUT2D eigenvalue weighted by Crippen LogP contribution is -2.46. The monoisotopic (exact) mass is 460 g/mol. The molecule has 0 unspecified atom stereocenters. The largest absolute Gasteiger partial charge is 0.490 e. The lowest BCUT2D eigenvalue weighted by molar-refractivity contribution is -0.192. The minimum atomic E-state index is -5.08. The maximum absolute atomic E-state index is 12.5. The van der Waals surface area contributed by atoms with E-state index in [1.54, 1.807) is 4.90 Å². The van der Waals surface area contributed by atoms with Gasteiger partial charge in [-0.05, 0) is 30.9 Å². The summed E-state index contributed by atoms with van der Waals surface area (Å²) in [5.41, 5.74) is 8.34. The second-order valence-corrected chi connectivity index (χ2v) is 6.71. The summed E-state index contributed by atoms with van der Waals surface area (Å²) in [5, 5.41) is 17.4. The van der Waals surface area contributed by atoms with E-state index in [-0.39, 0.29) is 32.9 Å². The molecule has 1 fully saturated rings. The minimum absolute atomic E-state index is 0. The number of halogens is 3. The topological polar surface area (TPSA) is 112 Å². The van der Waals surface area contributed by atoms with E-state index < -0.39 is 18.2 Å². The number of hydrogen-bond donors (Lipinski definition) is 2. The average molecular weight is 461 g/mol. The Morgan fingerprint density at radius 1 is 1.35 bits per heavy atom. The van der Waals surface area contributed by atoms with E-state index in [1.807, 2.05) is 25.4 Å². The first-order chi connectivity index (χ1) is 13.6. The number of carbonyl (C=O) groups is 2. The first kappa shape index (κ1) is 28.3. The number of aromatic nitrogens is 1. The van der Waals surface area contributed by atoms with Gasteiger partial charge < -0.3 is 20.3 Å². The fourth-order valence-corrected chi connectivity index (χ4v) is 3.29. The number of para-hydroxylation sites is 1. The highest BCUT2D eigenvalue weighted by Crippen LogP contribution is 2.23. The fourth-order valence-electron chi connectivity index (χ4n) is 3.29. The van der Waals surface area contributed by atoms with Crippen LogP contribution in [0.5, 0.6) is 0 Å².